The fourth-order valence-corrected chi connectivity index (χ4v) is 1.59. The maximum Gasteiger partial charge on any atom is 0.225 e. The Morgan fingerprint density at radius 3 is 2.82 bits per heavy atom. The molecule has 0 saturated heterocycles. The van der Waals surface area contributed by atoms with Crippen LogP contribution in [0.25, 0.3) is 0 Å². The lowest BCUT2D eigenvalue weighted by Gasteiger charge is -2.08. The molecule has 0 aliphatic carbocycles. The number of nitrogens with zero attached hydrogens (tertiary/aromatic N) is 2. The number of nitrogens with one attached hydrogen (secondary N) is 2. The van der Waals surface area contributed by atoms with Crippen LogP contribution in [0.15, 0.2) is 6.20 Å². The van der Waals surface area contributed by atoms with E-state index in [1.165, 1.54) is 0 Å². The molecule has 0 aromatic carbocycles. The van der Waals surface area contributed by atoms with Gasteiger partial charge in [-0.15, -0.1) is 0 Å². The lowest BCUT2D eigenvalue weighted by atomic mass is 10.3. The van der Waals surface area contributed by atoms with Crippen molar-refractivity contribution < 1.29 is 4.79 Å². The van der Waals surface area contributed by atoms with E-state index in [9.17, 15) is 4.79 Å². The highest BCUT2D eigenvalue weighted by atomic mass is 16.1. The summed E-state index contributed by atoms with van der Waals surface area (Å²) < 4.78 is 1.72. The van der Waals surface area contributed by atoms with Gasteiger partial charge >= 0.3 is 0 Å². The van der Waals surface area contributed by atoms with Gasteiger partial charge in [0.2, 0.25) is 5.91 Å². The Kier molecular flexibility index (Phi) is 5.15. The van der Waals surface area contributed by atoms with E-state index in [4.69, 9.17) is 0 Å². The van der Waals surface area contributed by atoms with Crippen LogP contribution < -0.4 is 10.6 Å². The molecule has 1 rings (SSSR count). The largest absolute Gasteiger partial charge is 0.323 e. The van der Waals surface area contributed by atoms with Crippen molar-refractivity contribution in [1.82, 2.24) is 15.1 Å². The molecule has 0 fully saturated rings. The number of rotatable bonds is 6. The van der Waals surface area contributed by atoms with Gasteiger partial charge in [0.15, 0.2) is 0 Å². The van der Waals surface area contributed by atoms with Crippen molar-refractivity contribution in [2.24, 2.45) is 7.05 Å². The van der Waals surface area contributed by atoms with E-state index in [1.54, 1.807) is 4.68 Å². The normalized spacial score (nSPS) is 10.9. The summed E-state index contributed by atoms with van der Waals surface area (Å²) in [6, 6.07) is 0.410. The molecule has 1 aromatic heterocycles. The van der Waals surface area contributed by atoms with Gasteiger partial charge in [0, 0.05) is 32.3 Å². The van der Waals surface area contributed by atoms with E-state index in [0.717, 1.165) is 17.8 Å². The second-order valence-electron chi connectivity index (χ2n) is 4.42. The molecular formula is C12H22N4O. The van der Waals surface area contributed by atoms with Crippen LogP contribution >= 0.6 is 0 Å². The summed E-state index contributed by atoms with van der Waals surface area (Å²) >= 11 is 0. The fourth-order valence-electron chi connectivity index (χ4n) is 1.59. The minimum absolute atomic E-state index is 0.0286. The van der Waals surface area contributed by atoms with Crippen molar-refractivity contribution >= 4 is 11.6 Å². The summed E-state index contributed by atoms with van der Waals surface area (Å²) in [5.74, 6) is 0.0286. The molecule has 1 aromatic rings. The average molecular weight is 238 g/mol. The van der Waals surface area contributed by atoms with E-state index in [0.29, 0.717) is 19.0 Å². The number of carbonyl (C=O) groups excluding carboxylic acids is 1. The van der Waals surface area contributed by atoms with E-state index < -0.39 is 0 Å². The van der Waals surface area contributed by atoms with Crippen molar-refractivity contribution in [1.29, 1.82) is 0 Å². The molecule has 2 N–H and O–H groups in total. The summed E-state index contributed by atoms with van der Waals surface area (Å²) in [5.41, 5.74) is 1.75. The SMILES string of the molecule is CCc1nn(C)cc1NC(=O)CCNC(C)C. The number of aromatic nitrogens is 2. The minimum atomic E-state index is 0.0286. The third-order valence-corrected chi connectivity index (χ3v) is 2.42. The Morgan fingerprint density at radius 2 is 2.24 bits per heavy atom. The van der Waals surface area contributed by atoms with Crippen molar-refractivity contribution in [2.75, 3.05) is 11.9 Å². The number of anilines is 1. The monoisotopic (exact) mass is 238 g/mol. The van der Waals surface area contributed by atoms with E-state index in [-0.39, 0.29) is 5.91 Å². The van der Waals surface area contributed by atoms with Gasteiger partial charge in [-0.3, -0.25) is 9.48 Å². The average Bonchev–Trinajstić information content (AvgIpc) is 2.58. The summed E-state index contributed by atoms with van der Waals surface area (Å²) in [6.07, 6.45) is 3.14. The van der Waals surface area contributed by atoms with E-state index in [2.05, 4.69) is 29.6 Å². The fraction of sp³-hybridized carbons (Fsp3) is 0.667. The van der Waals surface area contributed by atoms with Gasteiger partial charge in [0.25, 0.3) is 0 Å². The highest BCUT2D eigenvalue weighted by molar-refractivity contribution is 5.91. The summed E-state index contributed by atoms with van der Waals surface area (Å²) in [6.45, 7) is 6.85. The zero-order valence-corrected chi connectivity index (χ0v) is 11.1. The van der Waals surface area contributed by atoms with Crippen molar-refractivity contribution in [3.05, 3.63) is 11.9 Å². The molecule has 96 valence electrons. The molecule has 17 heavy (non-hydrogen) atoms. The summed E-state index contributed by atoms with van der Waals surface area (Å²) in [5, 5.41) is 10.4. The molecule has 1 amide bonds. The third kappa shape index (κ3) is 4.56. The van der Waals surface area contributed by atoms with Crippen LogP contribution in [0.3, 0.4) is 0 Å². The van der Waals surface area contributed by atoms with Gasteiger partial charge in [-0.25, -0.2) is 0 Å². The molecule has 5 heteroatoms. The van der Waals surface area contributed by atoms with Crippen LogP contribution in [0.1, 0.15) is 32.9 Å². The predicted molar refractivity (Wildman–Crippen MR) is 69.0 cm³/mol. The number of hydrogen-bond donors (Lipinski definition) is 2. The zero-order valence-electron chi connectivity index (χ0n) is 11.1. The van der Waals surface area contributed by atoms with Gasteiger partial charge in [-0.1, -0.05) is 20.8 Å². The number of aryl methyl sites for hydroxylation is 2. The first-order valence-corrected chi connectivity index (χ1v) is 6.08. The predicted octanol–water partition coefficient (Wildman–Crippen LogP) is 1.31. The lowest BCUT2D eigenvalue weighted by Crippen LogP contribution is -2.27. The first kappa shape index (κ1) is 13.7. The quantitative estimate of drug-likeness (QED) is 0.785. The second kappa shape index (κ2) is 6.39. The molecule has 5 nitrogen and oxygen atoms in total. The molecular weight excluding hydrogens is 216 g/mol. The van der Waals surface area contributed by atoms with Crippen LogP contribution in [0.2, 0.25) is 0 Å². The first-order valence-electron chi connectivity index (χ1n) is 6.08. The molecule has 0 aliphatic rings. The molecule has 0 saturated carbocycles. The molecule has 0 unspecified atom stereocenters. The van der Waals surface area contributed by atoms with Crippen molar-refractivity contribution in [3.8, 4) is 0 Å². The molecule has 0 bridgehead atoms. The third-order valence-electron chi connectivity index (χ3n) is 2.42. The molecule has 0 radical (unpaired) electrons. The Morgan fingerprint density at radius 1 is 1.53 bits per heavy atom. The molecule has 0 atom stereocenters. The van der Waals surface area contributed by atoms with Crippen LogP contribution in [0, 0.1) is 0 Å². The highest BCUT2D eigenvalue weighted by Crippen LogP contribution is 2.13. The summed E-state index contributed by atoms with van der Waals surface area (Å²) in [7, 11) is 1.86. The molecule has 1 heterocycles. The Balaban J connectivity index is 2.44. The number of carbonyl (C=O) groups is 1. The maximum atomic E-state index is 11.7. The second-order valence-corrected chi connectivity index (χ2v) is 4.42. The number of amides is 1. The molecule has 0 spiro atoms. The minimum Gasteiger partial charge on any atom is -0.323 e. The van der Waals surface area contributed by atoms with E-state index >= 15 is 0 Å². The zero-order chi connectivity index (χ0) is 12.8. The smallest absolute Gasteiger partial charge is 0.225 e. The van der Waals surface area contributed by atoms with Gasteiger partial charge < -0.3 is 10.6 Å². The van der Waals surface area contributed by atoms with Gasteiger partial charge in [0.05, 0.1) is 11.4 Å². The van der Waals surface area contributed by atoms with E-state index in [1.807, 2.05) is 20.2 Å². The first-order chi connectivity index (χ1) is 8.02. The van der Waals surface area contributed by atoms with Crippen LogP contribution in [0.5, 0.6) is 0 Å². The standard InChI is InChI=1S/C12H22N4O/c1-5-10-11(8-16(4)15-10)14-12(17)6-7-13-9(2)3/h8-9,13H,5-7H2,1-4H3,(H,14,17). The topological polar surface area (TPSA) is 59.0 Å². The van der Waals surface area contributed by atoms with Gasteiger partial charge in [-0.2, -0.15) is 5.10 Å². The Hall–Kier alpha value is -1.36. The lowest BCUT2D eigenvalue weighted by molar-refractivity contribution is -0.116. The Bertz CT molecular complexity index is 371. The van der Waals surface area contributed by atoms with Crippen LogP contribution in [-0.4, -0.2) is 28.3 Å². The van der Waals surface area contributed by atoms with Crippen molar-refractivity contribution in [2.45, 2.75) is 39.7 Å². The maximum absolute atomic E-state index is 11.7. The van der Waals surface area contributed by atoms with Crippen LogP contribution in [0.4, 0.5) is 5.69 Å². The highest BCUT2D eigenvalue weighted by Gasteiger charge is 2.09. The Labute approximate surface area is 103 Å². The van der Waals surface area contributed by atoms with Gasteiger partial charge in [-0.05, 0) is 6.42 Å². The van der Waals surface area contributed by atoms with Gasteiger partial charge in [0.1, 0.15) is 0 Å². The van der Waals surface area contributed by atoms with Crippen molar-refractivity contribution in [3.63, 3.8) is 0 Å². The summed E-state index contributed by atoms with van der Waals surface area (Å²) in [4.78, 5) is 11.7. The molecule has 0 aliphatic heterocycles. The number of hydrogen-bond acceptors (Lipinski definition) is 3. The van der Waals surface area contributed by atoms with Crippen LogP contribution in [-0.2, 0) is 18.3 Å².